The molecular formula is C16H17F3N4O5S. The van der Waals surface area contributed by atoms with Gasteiger partial charge < -0.3 is 9.64 Å². The molecule has 29 heavy (non-hydrogen) atoms. The van der Waals surface area contributed by atoms with Crippen molar-refractivity contribution in [3.8, 4) is 0 Å². The third kappa shape index (κ3) is 3.79. The molecule has 1 aromatic carbocycles. The maximum Gasteiger partial charge on any atom is 0.501 e. The molecule has 1 aliphatic rings. The fraction of sp³-hybridized carbons (Fsp3) is 0.438. The SMILES string of the molecule is Cn1cc(C2(C)CN(c3ccc(S(=O)(=O)C(F)(F)F)cc3[N+](=O)[O-])CCO2)cn1. The van der Waals surface area contributed by atoms with Crippen molar-refractivity contribution in [1.82, 2.24) is 9.78 Å². The van der Waals surface area contributed by atoms with Crippen LogP contribution in [0.5, 0.6) is 0 Å². The van der Waals surface area contributed by atoms with E-state index in [1.54, 1.807) is 35.9 Å². The fourth-order valence-electron chi connectivity index (χ4n) is 3.16. The highest BCUT2D eigenvalue weighted by Gasteiger charge is 2.47. The van der Waals surface area contributed by atoms with Crippen molar-refractivity contribution in [1.29, 1.82) is 0 Å². The van der Waals surface area contributed by atoms with Crippen LogP contribution in [0.25, 0.3) is 0 Å². The van der Waals surface area contributed by atoms with Crippen molar-refractivity contribution in [3.05, 3.63) is 46.3 Å². The summed E-state index contributed by atoms with van der Waals surface area (Å²) in [4.78, 5) is 11.0. The first-order valence-electron chi connectivity index (χ1n) is 8.33. The van der Waals surface area contributed by atoms with Crippen LogP contribution in [0.1, 0.15) is 12.5 Å². The molecule has 2 heterocycles. The first-order valence-corrected chi connectivity index (χ1v) is 9.81. The number of nitro benzene ring substituents is 1. The zero-order valence-electron chi connectivity index (χ0n) is 15.4. The maximum absolute atomic E-state index is 12.8. The molecule has 1 atom stereocenters. The van der Waals surface area contributed by atoms with Crippen LogP contribution in [0.15, 0.2) is 35.5 Å². The van der Waals surface area contributed by atoms with Gasteiger partial charge in [-0.15, -0.1) is 0 Å². The number of hydrogen-bond donors (Lipinski definition) is 0. The highest BCUT2D eigenvalue weighted by molar-refractivity contribution is 7.92. The molecule has 2 aromatic rings. The molecule has 1 fully saturated rings. The van der Waals surface area contributed by atoms with Gasteiger partial charge in [0.15, 0.2) is 0 Å². The quantitative estimate of drug-likeness (QED) is 0.537. The fourth-order valence-corrected chi connectivity index (χ4v) is 3.94. The first kappa shape index (κ1) is 21.0. The third-order valence-corrected chi connectivity index (χ3v) is 6.17. The minimum atomic E-state index is -5.70. The lowest BCUT2D eigenvalue weighted by atomic mass is 9.96. The van der Waals surface area contributed by atoms with E-state index >= 15 is 0 Å². The summed E-state index contributed by atoms with van der Waals surface area (Å²) in [5, 5.41) is 15.6. The molecule has 0 N–H and O–H groups in total. The first-order chi connectivity index (χ1) is 13.3. The summed E-state index contributed by atoms with van der Waals surface area (Å²) in [6.07, 6.45) is 3.33. The van der Waals surface area contributed by atoms with Gasteiger partial charge in [0.1, 0.15) is 11.3 Å². The Morgan fingerprint density at radius 1 is 1.34 bits per heavy atom. The topological polar surface area (TPSA) is 108 Å². The Morgan fingerprint density at radius 2 is 2.03 bits per heavy atom. The second-order valence-electron chi connectivity index (χ2n) is 6.76. The van der Waals surface area contributed by atoms with Gasteiger partial charge in [0.05, 0.1) is 29.2 Å². The third-order valence-electron chi connectivity index (χ3n) is 4.69. The Morgan fingerprint density at radius 3 is 2.59 bits per heavy atom. The zero-order valence-corrected chi connectivity index (χ0v) is 16.2. The smallest absolute Gasteiger partial charge is 0.367 e. The summed E-state index contributed by atoms with van der Waals surface area (Å²) < 4.78 is 69.1. The number of nitrogens with zero attached hydrogens (tertiary/aromatic N) is 4. The average molecular weight is 434 g/mol. The molecule has 0 aliphatic carbocycles. The lowest BCUT2D eigenvalue weighted by Gasteiger charge is -2.41. The number of alkyl halides is 3. The standard InChI is InChI=1S/C16H17F3N4O5S/c1-15(11-8-20-21(2)9-11)10-22(5-6-28-15)13-4-3-12(7-14(13)23(24)25)29(26,27)16(17,18)19/h3-4,7-9H,5-6,10H2,1-2H3. The minimum absolute atomic E-state index is 0.00883. The number of ether oxygens (including phenoxy) is 1. The van der Waals surface area contributed by atoms with Crippen molar-refractivity contribution in [3.63, 3.8) is 0 Å². The van der Waals surface area contributed by atoms with E-state index in [2.05, 4.69) is 5.10 Å². The maximum atomic E-state index is 12.8. The molecule has 1 saturated heterocycles. The lowest BCUT2D eigenvalue weighted by Crippen LogP contribution is -2.48. The van der Waals surface area contributed by atoms with Gasteiger partial charge in [0, 0.05) is 31.4 Å². The van der Waals surface area contributed by atoms with E-state index in [0.717, 1.165) is 17.7 Å². The Balaban J connectivity index is 2.01. The van der Waals surface area contributed by atoms with Crippen LogP contribution in [0.2, 0.25) is 0 Å². The number of hydrogen-bond acceptors (Lipinski definition) is 7. The van der Waals surface area contributed by atoms with Crippen LogP contribution in [0, 0.1) is 10.1 Å². The van der Waals surface area contributed by atoms with E-state index in [9.17, 15) is 31.7 Å². The van der Waals surface area contributed by atoms with Gasteiger partial charge in [0.2, 0.25) is 0 Å². The summed E-state index contributed by atoms with van der Waals surface area (Å²) >= 11 is 0. The van der Waals surface area contributed by atoms with E-state index in [0.29, 0.717) is 6.07 Å². The summed E-state index contributed by atoms with van der Waals surface area (Å²) in [6, 6.07) is 2.18. The zero-order chi connectivity index (χ0) is 21.6. The van der Waals surface area contributed by atoms with Crippen LogP contribution in [-0.2, 0) is 27.2 Å². The van der Waals surface area contributed by atoms with E-state index in [1.165, 1.54) is 0 Å². The molecule has 9 nitrogen and oxygen atoms in total. The number of halogens is 3. The summed E-state index contributed by atoms with van der Waals surface area (Å²) in [6.45, 7) is 2.36. The second kappa shape index (κ2) is 6.99. The largest absolute Gasteiger partial charge is 0.501 e. The molecule has 158 valence electrons. The van der Waals surface area contributed by atoms with Crippen molar-refractivity contribution < 1.29 is 31.2 Å². The van der Waals surface area contributed by atoms with E-state index in [-0.39, 0.29) is 25.4 Å². The molecule has 1 unspecified atom stereocenters. The van der Waals surface area contributed by atoms with Gasteiger partial charge in [-0.3, -0.25) is 14.8 Å². The average Bonchev–Trinajstić information content (AvgIpc) is 3.07. The van der Waals surface area contributed by atoms with Crippen LogP contribution < -0.4 is 4.90 Å². The number of sulfone groups is 1. The number of benzene rings is 1. The van der Waals surface area contributed by atoms with E-state index in [1.807, 2.05) is 0 Å². The molecule has 0 saturated carbocycles. The van der Waals surface area contributed by atoms with Gasteiger partial charge in [-0.05, 0) is 19.1 Å². The van der Waals surface area contributed by atoms with Crippen LogP contribution in [0.3, 0.4) is 0 Å². The van der Waals surface area contributed by atoms with Crippen molar-refractivity contribution in [2.75, 3.05) is 24.6 Å². The second-order valence-corrected chi connectivity index (χ2v) is 8.70. The number of rotatable bonds is 4. The number of aryl methyl sites for hydroxylation is 1. The number of nitro groups is 1. The molecule has 0 amide bonds. The van der Waals surface area contributed by atoms with Crippen LogP contribution in [-0.4, -0.2) is 48.3 Å². The van der Waals surface area contributed by atoms with Gasteiger partial charge in [-0.2, -0.15) is 18.3 Å². The summed E-state index contributed by atoms with van der Waals surface area (Å²) in [5.41, 5.74) is -6.42. The number of aromatic nitrogens is 2. The molecule has 0 spiro atoms. The van der Waals surface area contributed by atoms with Crippen molar-refractivity contribution in [2.24, 2.45) is 7.05 Å². The Kier molecular flexibility index (Phi) is 5.07. The van der Waals surface area contributed by atoms with Crippen molar-refractivity contribution in [2.45, 2.75) is 22.9 Å². The summed E-state index contributed by atoms with van der Waals surface area (Å²) in [7, 11) is -3.98. The minimum Gasteiger partial charge on any atom is -0.367 e. The molecule has 1 aromatic heterocycles. The monoisotopic (exact) mass is 434 g/mol. The van der Waals surface area contributed by atoms with Crippen LogP contribution in [0.4, 0.5) is 24.5 Å². The summed E-state index contributed by atoms with van der Waals surface area (Å²) in [5.74, 6) is 0. The molecule has 1 aliphatic heterocycles. The van der Waals surface area contributed by atoms with Crippen LogP contribution >= 0.6 is 0 Å². The highest BCUT2D eigenvalue weighted by atomic mass is 32.2. The number of anilines is 1. The molecule has 0 bridgehead atoms. The number of morpholine rings is 1. The lowest BCUT2D eigenvalue weighted by molar-refractivity contribution is -0.384. The predicted molar refractivity (Wildman–Crippen MR) is 95.1 cm³/mol. The molecular weight excluding hydrogens is 417 g/mol. The van der Waals surface area contributed by atoms with Gasteiger partial charge >= 0.3 is 5.51 Å². The molecule has 13 heteroatoms. The Hall–Kier alpha value is -2.67. The highest BCUT2D eigenvalue weighted by Crippen LogP contribution is 2.38. The van der Waals surface area contributed by atoms with Crippen molar-refractivity contribution >= 4 is 21.2 Å². The van der Waals surface area contributed by atoms with E-state index in [4.69, 9.17) is 4.74 Å². The Bertz CT molecular complexity index is 1050. The Labute approximate surface area is 163 Å². The van der Waals surface area contributed by atoms with E-state index < -0.39 is 36.5 Å². The normalized spacial score (nSPS) is 20.7. The van der Waals surface area contributed by atoms with Gasteiger partial charge in [0.25, 0.3) is 15.5 Å². The predicted octanol–water partition coefficient (Wildman–Crippen LogP) is 2.37. The molecule has 0 radical (unpaired) electrons. The van der Waals surface area contributed by atoms with Gasteiger partial charge in [-0.25, -0.2) is 8.42 Å². The molecule has 3 rings (SSSR count). The van der Waals surface area contributed by atoms with Gasteiger partial charge in [-0.1, -0.05) is 0 Å².